The molecule has 1 aromatic heterocycles. The molecule has 150 valence electrons. The molecule has 28 heavy (non-hydrogen) atoms. The number of amides is 2. The van der Waals surface area contributed by atoms with E-state index >= 15 is 0 Å². The van der Waals surface area contributed by atoms with Crippen molar-refractivity contribution in [3.8, 4) is 0 Å². The van der Waals surface area contributed by atoms with E-state index in [-0.39, 0.29) is 18.4 Å². The lowest BCUT2D eigenvalue weighted by Gasteiger charge is -2.22. The molecule has 0 radical (unpaired) electrons. The normalized spacial score (nSPS) is 15.3. The lowest BCUT2D eigenvalue weighted by molar-refractivity contribution is -0.129. The molecular formula is C20H28N6O2. The zero-order valence-corrected chi connectivity index (χ0v) is 16.8. The largest absolute Gasteiger partial charge is 0.347 e. The van der Waals surface area contributed by atoms with Crippen LogP contribution >= 0.6 is 0 Å². The Labute approximate surface area is 165 Å². The number of nitrogens with zero attached hydrogens (tertiary/aromatic N) is 6. The van der Waals surface area contributed by atoms with Gasteiger partial charge in [0.05, 0.1) is 6.20 Å². The molecule has 1 saturated heterocycles. The van der Waals surface area contributed by atoms with Crippen molar-refractivity contribution in [1.29, 1.82) is 0 Å². The summed E-state index contributed by atoms with van der Waals surface area (Å²) in [6, 6.07) is 8.42. The second-order valence-corrected chi connectivity index (χ2v) is 7.44. The van der Waals surface area contributed by atoms with Crippen molar-refractivity contribution < 1.29 is 9.59 Å². The number of aryl methyl sites for hydroxylation is 1. The SMILES string of the molecule is Cc1ccccc1CN1CCCN(C(=O)c2cn(CC(=O)N(C)C)nn2)CC1. The van der Waals surface area contributed by atoms with Gasteiger partial charge in [-0.15, -0.1) is 5.10 Å². The molecule has 0 N–H and O–H groups in total. The highest BCUT2D eigenvalue weighted by molar-refractivity contribution is 5.92. The summed E-state index contributed by atoms with van der Waals surface area (Å²) in [6.07, 6.45) is 2.48. The van der Waals surface area contributed by atoms with Crippen LogP contribution < -0.4 is 0 Å². The maximum Gasteiger partial charge on any atom is 0.276 e. The van der Waals surface area contributed by atoms with E-state index in [1.165, 1.54) is 20.7 Å². The molecule has 1 aliphatic rings. The topological polar surface area (TPSA) is 74.6 Å². The first-order valence-electron chi connectivity index (χ1n) is 9.60. The Bertz CT molecular complexity index is 832. The fourth-order valence-electron chi connectivity index (χ4n) is 3.28. The molecule has 0 bridgehead atoms. The number of benzene rings is 1. The molecule has 1 fully saturated rings. The standard InChI is InChI=1S/C20H28N6O2/c1-16-7-4-5-8-17(16)13-24-9-6-10-25(12-11-24)20(28)18-14-26(22-21-18)15-19(27)23(2)3/h4-5,7-8,14H,6,9-13,15H2,1-3H3. The van der Waals surface area contributed by atoms with Gasteiger partial charge in [0, 0.05) is 46.8 Å². The van der Waals surface area contributed by atoms with E-state index in [0.29, 0.717) is 18.8 Å². The molecule has 1 aromatic carbocycles. The summed E-state index contributed by atoms with van der Waals surface area (Å²) in [5, 5.41) is 7.89. The number of aromatic nitrogens is 3. The third kappa shape index (κ3) is 4.95. The first-order chi connectivity index (χ1) is 13.4. The summed E-state index contributed by atoms with van der Waals surface area (Å²) in [4.78, 5) is 30.3. The lowest BCUT2D eigenvalue weighted by Crippen LogP contribution is -2.35. The second kappa shape index (κ2) is 8.97. The molecule has 1 aliphatic heterocycles. The molecule has 8 heteroatoms. The maximum absolute atomic E-state index is 12.8. The Morgan fingerprint density at radius 3 is 2.64 bits per heavy atom. The molecule has 0 saturated carbocycles. The number of likely N-dealkylation sites (N-methyl/N-ethyl adjacent to an activating group) is 1. The van der Waals surface area contributed by atoms with Crippen molar-refractivity contribution in [3.63, 3.8) is 0 Å². The first-order valence-corrected chi connectivity index (χ1v) is 9.60. The molecule has 2 aromatic rings. The number of carbonyl (C=O) groups excluding carboxylic acids is 2. The molecule has 0 spiro atoms. The van der Waals surface area contributed by atoms with Crippen LogP contribution in [0.4, 0.5) is 0 Å². The molecule has 3 rings (SSSR count). The fraction of sp³-hybridized carbons (Fsp3) is 0.500. The molecule has 8 nitrogen and oxygen atoms in total. The maximum atomic E-state index is 12.8. The Balaban J connectivity index is 1.58. The zero-order valence-electron chi connectivity index (χ0n) is 16.8. The van der Waals surface area contributed by atoms with Gasteiger partial charge < -0.3 is 9.80 Å². The highest BCUT2D eigenvalue weighted by Gasteiger charge is 2.23. The first kappa shape index (κ1) is 20.0. The number of hydrogen-bond donors (Lipinski definition) is 0. The number of carbonyl (C=O) groups is 2. The monoisotopic (exact) mass is 384 g/mol. The highest BCUT2D eigenvalue weighted by Crippen LogP contribution is 2.13. The van der Waals surface area contributed by atoms with Crippen molar-refractivity contribution in [3.05, 3.63) is 47.3 Å². The second-order valence-electron chi connectivity index (χ2n) is 7.44. The van der Waals surface area contributed by atoms with Crippen molar-refractivity contribution in [1.82, 2.24) is 29.7 Å². The summed E-state index contributed by atoms with van der Waals surface area (Å²) in [6.45, 7) is 6.26. The summed E-state index contributed by atoms with van der Waals surface area (Å²) < 4.78 is 1.41. The van der Waals surface area contributed by atoms with Gasteiger partial charge in [-0.25, -0.2) is 4.68 Å². The summed E-state index contributed by atoms with van der Waals surface area (Å²) in [5.74, 6) is -0.216. The summed E-state index contributed by atoms with van der Waals surface area (Å²) in [5.41, 5.74) is 2.92. The van der Waals surface area contributed by atoms with Gasteiger partial charge in [0.2, 0.25) is 5.91 Å². The molecule has 2 heterocycles. The van der Waals surface area contributed by atoms with E-state index in [1.807, 2.05) is 4.90 Å². The van der Waals surface area contributed by atoms with Crippen molar-refractivity contribution >= 4 is 11.8 Å². The van der Waals surface area contributed by atoms with Crippen LogP contribution in [0.5, 0.6) is 0 Å². The number of hydrogen-bond acceptors (Lipinski definition) is 5. The average Bonchev–Trinajstić information content (AvgIpc) is 3.01. The van der Waals surface area contributed by atoms with Crippen molar-refractivity contribution in [2.24, 2.45) is 0 Å². The summed E-state index contributed by atoms with van der Waals surface area (Å²) >= 11 is 0. The Morgan fingerprint density at radius 2 is 1.89 bits per heavy atom. The minimum absolute atomic E-state index is 0.0808. The molecule has 0 unspecified atom stereocenters. The predicted molar refractivity (Wildman–Crippen MR) is 106 cm³/mol. The highest BCUT2D eigenvalue weighted by atomic mass is 16.2. The Hall–Kier alpha value is -2.74. The molecule has 2 amide bonds. The zero-order chi connectivity index (χ0) is 20.1. The van der Waals surface area contributed by atoms with Crippen molar-refractivity contribution in [2.45, 2.75) is 26.4 Å². The van der Waals surface area contributed by atoms with Crippen molar-refractivity contribution in [2.75, 3.05) is 40.3 Å². The number of rotatable bonds is 5. The van der Waals surface area contributed by atoms with E-state index in [0.717, 1.165) is 26.1 Å². The van der Waals surface area contributed by atoms with Gasteiger partial charge in [-0.2, -0.15) is 0 Å². The van der Waals surface area contributed by atoms with Gasteiger partial charge in [-0.3, -0.25) is 14.5 Å². The third-order valence-corrected chi connectivity index (χ3v) is 5.08. The van der Waals surface area contributed by atoms with Crippen LogP contribution in [-0.4, -0.2) is 81.8 Å². The van der Waals surface area contributed by atoms with E-state index in [4.69, 9.17) is 0 Å². The van der Waals surface area contributed by atoms with E-state index < -0.39 is 0 Å². The Kier molecular flexibility index (Phi) is 6.41. The Morgan fingerprint density at radius 1 is 1.11 bits per heavy atom. The predicted octanol–water partition coefficient (Wildman–Crippen LogP) is 1.02. The van der Waals surface area contributed by atoms with Crippen LogP contribution in [-0.2, 0) is 17.9 Å². The van der Waals surface area contributed by atoms with Gasteiger partial charge in [0.1, 0.15) is 6.54 Å². The van der Waals surface area contributed by atoms with Crippen LogP contribution in [0.3, 0.4) is 0 Å². The molecule has 0 atom stereocenters. The lowest BCUT2D eigenvalue weighted by atomic mass is 10.1. The van der Waals surface area contributed by atoms with Gasteiger partial charge in [0.15, 0.2) is 5.69 Å². The minimum Gasteiger partial charge on any atom is -0.347 e. The van der Waals surface area contributed by atoms with Crippen LogP contribution in [0.1, 0.15) is 28.0 Å². The van der Waals surface area contributed by atoms with Gasteiger partial charge in [0.25, 0.3) is 5.91 Å². The van der Waals surface area contributed by atoms with Crippen LogP contribution in [0.2, 0.25) is 0 Å². The van der Waals surface area contributed by atoms with Crippen LogP contribution in [0, 0.1) is 6.92 Å². The fourth-order valence-corrected chi connectivity index (χ4v) is 3.28. The van der Waals surface area contributed by atoms with Crippen LogP contribution in [0.25, 0.3) is 0 Å². The van der Waals surface area contributed by atoms with Gasteiger partial charge in [-0.1, -0.05) is 29.5 Å². The van der Waals surface area contributed by atoms with E-state index in [9.17, 15) is 9.59 Å². The average molecular weight is 384 g/mol. The third-order valence-electron chi connectivity index (χ3n) is 5.08. The van der Waals surface area contributed by atoms with Gasteiger partial charge in [-0.05, 0) is 24.5 Å². The molecular weight excluding hydrogens is 356 g/mol. The van der Waals surface area contributed by atoms with E-state index in [1.54, 1.807) is 20.3 Å². The van der Waals surface area contributed by atoms with E-state index in [2.05, 4.69) is 46.4 Å². The van der Waals surface area contributed by atoms with Gasteiger partial charge >= 0.3 is 0 Å². The van der Waals surface area contributed by atoms with Crippen LogP contribution in [0.15, 0.2) is 30.5 Å². The molecule has 0 aliphatic carbocycles. The summed E-state index contributed by atoms with van der Waals surface area (Å²) in [7, 11) is 3.37. The minimum atomic E-state index is -0.124. The quantitative estimate of drug-likeness (QED) is 0.770. The smallest absolute Gasteiger partial charge is 0.276 e.